The summed E-state index contributed by atoms with van der Waals surface area (Å²) in [5.74, 6) is 0.0927. The predicted octanol–water partition coefficient (Wildman–Crippen LogP) is 3.17. The number of benzene rings is 1. The summed E-state index contributed by atoms with van der Waals surface area (Å²) in [7, 11) is 0. The highest BCUT2D eigenvalue weighted by atomic mass is 35.5. The van der Waals surface area contributed by atoms with Crippen molar-refractivity contribution in [2.45, 2.75) is 32.1 Å². The van der Waals surface area contributed by atoms with Gasteiger partial charge in [-0.2, -0.15) is 0 Å². The van der Waals surface area contributed by atoms with Crippen molar-refractivity contribution in [2.75, 3.05) is 0 Å². The number of halogens is 1. The summed E-state index contributed by atoms with van der Waals surface area (Å²) in [6.07, 6.45) is 1.82. The Morgan fingerprint density at radius 1 is 1.50 bits per heavy atom. The van der Waals surface area contributed by atoms with Crippen LogP contribution in [0.15, 0.2) is 24.3 Å². The van der Waals surface area contributed by atoms with Crippen LogP contribution in [0.25, 0.3) is 0 Å². The summed E-state index contributed by atoms with van der Waals surface area (Å²) in [5.41, 5.74) is 0.229. The minimum atomic E-state index is -0.628. The Bertz CT molecular complexity index is 401. The van der Waals surface area contributed by atoms with E-state index in [0.29, 0.717) is 17.9 Å². The van der Waals surface area contributed by atoms with Crippen LogP contribution in [0.5, 0.6) is 0 Å². The molecule has 0 spiro atoms. The molecule has 0 heterocycles. The summed E-state index contributed by atoms with van der Waals surface area (Å²) in [5, 5.41) is 0.605. The first-order chi connectivity index (χ1) is 7.48. The molecule has 2 nitrogen and oxygen atoms in total. The Labute approximate surface area is 101 Å². The van der Waals surface area contributed by atoms with E-state index in [1.54, 1.807) is 12.1 Å². The van der Waals surface area contributed by atoms with E-state index in [-0.39, 0.29) is 5.78 Å². The first-order valence-electron chi connectivity index (χ1n) is 5.20. The van der Waals surface area contributed by atoms with Crippen molar-refractivity contribution in [3.05, 3.63) is 34.9 Å². The molecule has 0 radical (unpaired) electrons. The van der Waals surface area contributed by atoms with Crippen molar-refractivity contribution in [1.82, 2.24) is 0 Å². The molecule has 0 aromatic heterocycles. The summed E-state index contributed by atoms with van der Waals surface area (Å²) >= 11 is 5.89. The molecule has 0 saturated carbocycles. The van der Waals surface area contributed by atoms with Gasteiger partial charge in [0.2, 0.25) is 0 Å². The van der Waals surface area contributed by atoms with Crippen LogP contribution >= 0.6 is 11.6 Å². The van der Waals surface area contributed by atoms with Crippen LogP contribution in [0, 0.1) is 0 Å². The van der Waals surface area contributed by atoms with E-state index in [2.05, 4.69) is 0 Å². The van der Waals surface area contributed by atoms with Crippen molar-refractivity contribution in [2.24, 2.45) is 0 Å². The molecular formula is C13H15ClO2. The van der Waals surface area contributed by atoms with Gasteiger partial charge in [0.1, 0.15) is 12.1 Å². The zero-order chi connectivity index (χ0) is 12.2. The minimum absolute atomic E-state index is 0.0927. The van der Waals surface area contributed by atoms with Gasteiger partial charge in [-0.05, 0) is 38.0 Å². The fourth-order valence-corrected chi connectivity index (χ4v) is 1.74. The maximum absolute atomic E-state index is 11.2. The molecule has 1 aromatic rings. The average molecular weight is 239 g/mol. The quantitative estimate of drug-likeness (QED) is 0.739. The third-order valence-corrected chi connectivity index (χ3v) is 2.98. The molecule has 0 amide bonds. The molecule has 0 aliphatic rings. The van der Waals surface area contributed by atoms with Gasteiger partial charge in [-0.3, -0.25) is 0 Å². The van der Waals surface area contributed by atoms with E-state index in [9.17, 15) is 9.59 Å². The normalized spacial score (nSPS) is 14.2. The van der Waals surface area contributed by atoms with Crippen molar-refractivity contribution in [1.29, 1.82) is 0 Å². The van der Waals surface area contributed by atoms with Gasteiger partial charge in [0.05, 0.1) is 0 Å². The highest BCUT2D eigenvalue weighted by Crippen LogP contribution is 2.28. The SMILES string of the molecule is CC(=O)CC[C@@](C)(C=O)c1cccc(Cl)c1. The van der Waals surface area contributed by atoms with Crippen molar-refractivity contribution in [3.8, 4) is 0 Å². The lowest BCUT2D eigenvalue weighted by Gasteiger charge is -2.23. The molecule has 0 bridgehead atoms. The lowest BCUT2D eigenvalue weighted by molar-refractivity contribution is -0.117. The highest BCUT2D eigenvalue weighted by molar-refractivity contribution is 6.30. The van der Waals surface area contributed by atoms with E-state index in [4.69, 9.17) is 11.6 Å². The van der Waals surface area contributed by atoms with Gasteiger partial charge >= 0.3 is 0 Å². The number of carbonyl (C=O) groups excluding carboxylic acids is 2. The first-order valence-corrected chi connectivity index (χ1v) is 5.57. The molecule has 0 aliphatic heterocycles. The van der Waals surface area contributed by atoms with Gasteiger partial charge in [-0.25, -0.2) is 0 Å². The van der Waals surface area contributed by atoms with Crippen LogP contribution in [-0.2, 0) is 15.0 Å². The number of Topliss-reactive ketones (excluding diaryl/α,β-unsaturated/α-hetero) is 1. The number of hydrogen-bond acceptors (Lipinski definition) is 2. The van der Waals surface area contributed by atoms with Crippen LogP contribution in [-0.4, -0.2) is 12.1 Å². The second kappa shape index (κ2) is 5.26. The lowest BCUT2D eigenvalue weighted by Crippen LogP contribution is -2.24. The molecule has 3 heteroatoms. The summed E-state index contributed by atoms with van der Waals surface area (Å²) in [4.78, 5) is 22.2. The topological polar surface area (TPSA) is 34.1 Å². The van der Waals surface area contributed by atoms with Crippen LogP contribution in [0.4, 0.5) is 0 Å². The summed E-state index contributed by atoms with van der Waals surface area (Å²) < 4.78 is 0. The Kier molecular flexibility index (Phi) is 4.25. The molecule has 16 heavy (non-hydrogen) atoms. The summed E-state index contributed by atoms with van der Waals surface area (Å²) in [6.45, 7) is 3.36. The average Bonchev–Trinajstić information content (AvgIpc) is 2.26. The van der Waals surface area contributed by atoms with E-state index in [0.717, 1.165) is 11.8 Å². The summed E-state index contributed by atoms with van der Waals surface area (Å²) in [6, 6.07) is 7.21. The Morgan fingerprint density at radius 2 is 2.19 bits per heavy atom. The molecule has 0 saturated heterocycles. The monoisotopic (exact) mass is 238 g/mol. The zero-order valence-corrected chi connectivity index (χ0v) is 10.3. The van der Waals surface area contributed by atoms with E-state index in [1.807, 2.05) is 19.1 Å². The lowest BCUT2D eigenvalue weighted by atomic mass is 9.79. The van der Waals surface area contributed by atoms with Crippen LogP contribution in [0.1, 0.15) is 32.3 Å². The minimum Gasteiger partial charge on any atom is -0.302 e. The molecule has 0 aliphatic carbocycles. The standard InChI is InChI=1S/C13H15ClO2/c1-10(16)6-7-13(2,9-15)11-4-3-5-12(14)8-11/h3-5,8-9H,6-7H2,1-2H3/t13-/m0/s1. The second-order valence-electron chi connectivity index (χ2n) is 4.25. The highest BCUT2D eigenvalue weighted by Gasteiger charge is 2.26. The third-order valence-electron chi connectivity index (χ3n) is 2.74. The third kappa shape index (κ3) is 3.17. The van der Waals surface area contributed by atoms with E-state index in [1.165, 1.54) is 6.92 Å². The van der Waals surface area contributed by atoms with Crippen LogP contribution < -0.4 is 0 Å². The van der Waals surface area contributed by atoms with Gasteiger partial charge < -0.3 is 9.59 Å². The largest absolute Gasteiger partial charge is 0.302 e. The molecule has 1 atom stereocenters. The predicted molar refractivity (Wildman–Crippen MR) is 64.8 cm³/mol. The van der Waals surface area contributed by atoms with Gasteiger partial charge in [0.15, 0.2) is 0 Å². The number of carbonyl (C=O) groups is 2. The maximum atomic E-state index is 11.2. The van der Waals surface area contributed by atoms with Gasteiger partial charge in [-0.15, -0.1) is 0 Å². The van der Waals surface area contributed by atoms with Crippen molar-refractivity contribution < 1.29 is 9.59 Å². The second-order valence-corrected chi connectivity index (χ2v) is 4.68. The Morgan fingerprint density at radius 3 is 2.69 bits per heavy atom. The number of ketones is 1. The fourth-order valence-electron chi connectivity index (χ4n) is 1.55. The Balaban J connectivity index is 2.95. The van der Waals surface area contributed by atoms with Gasteiger partial charge in [-0.1, -0.05) is 23.7 Å². The number of hydrogen-bond donors (Lipinski definition) is 0. The smallest absolute Gasteiger partial charge is 0.130 e. The van der Waals surface area contributed by atoms with E-state index < -0.39 is 5.41 Å². The molecule has 86 valence electrons. The van der Waals surface area contributed by atoms with Crippen LogP contribution in [0.3, 0.4) is 0 Å². The van der Waals surface area contributed by atoms with Gasteiger partial charge in [0.25, 0.3) is 0 Å². The fraction of sp³-hybridized carbons (Fsp3) is 0.385. The maximum Gasteiger partial charge on any atom is 0.130 e. The van der Waals surface area contributed by atoms with Gasteiger partial charge in [0, 0.05) is 16.9 Å². The van der Waals surface area contributed by atoms with Crippen molar-refractivity contribution >= 4 is 23.7 Å². The number of rotatable bonds is 5. The zero-order valence-electron chi connectivity index (χ0n) is 9.50. The molecule has 0 unspecified atom stereocenters. The molecular weight excluding hydrogens is 224 g/mol. The van der Waals surface area contributed by atoms with Crippen molar-refractivity contribution in [3.63, 3.8) is 0 Å². The molecule has 0 N–H and O–H groups in total. The first kappa shape index (κ1) is 12.9. The molecule has 1 aromatic carbocycles. The van der Waals surface area contributed by atoms with Crippen LogP contribution in [0.2, 0.25) is 5.02 Å². The molecule has 1 rings (SSSR count). The van der Waals surface area contributed by atoms with E-state index >= 15 is 0 Å². The Hall–Kier alpha value is -1.15. The molecule has 0 fully saturated rings. The number of aldehydes is 1.